The number of hydrogen-bond donors (Lipinski definition) is 1. The molecule has 0 saturated carbocycles. The molecule has 3 aromatic rings. The van der Waals surface area contributed by atoms with Gasteiger partial charge < -0.3 is 14.4 Å². The van der Waals surface area contributed by atoms with Crippen LogP contribution in [0.5, 0.6) is 5.88 Å². The summed E-state index contributed by atoms with van der Waals surface area (Å²) in [6.45, 7) is 10.7. The van der Waals surface area contributed by atoms with E-state index in [1.54, 1.807) is 7.11 Å². The van der Waals surface area contributed by atoms with Crippen molar-refractivity contribution < 1.29 is 9.84 Å². The first kappa shape index (κ1) is 20.3. The quantitative estimate of drug-likeness (QED) is 0.612. The highest BCUT2D eigenvalue weighted by atomic mass is 16.5. The van der Waals surface area contributed by atoms with E-state index >= 15 is 0 Å². The zero-order chi connectivity index (χ0) is 20.4. The Morgan fingerprint density at radius 2 is 1.89 bits per heavy atom. The first-order valence-corrected chi connectivity index (χ1v) is 10.1. The summed E-state index contributed by atoms with van der Waals surface area (Å²) in [5, 5.41) is 9.85. The number of fused-ring (bicyclic) bond motifs is 1. The molecular formula is C23H31N3O2. The summed E-state index contributed by atoms with van der Waals surface area (Å²) in [7, 11) is 1.65. The minimum atomic E-state index is 0.0785. The van der Waals surface area contributed by atoms with Crippen LogP contribution >= 0.6 is 0 Å². The first-order chi connectivity index (χ1) is 13.4. The highest BCUT2D eigenvalue weighted by molar-refractivity contribution is 5.85. The van der Waals surface area contributed by atoms with Gasteiger partial charge in [0.2, 0.25) is 5.88 Å². The third kappa shape index (κ3) is 3.63. The van der Waals surface area contributed by atoms with Gasteiger partial charge in [0, 0.05) is 11.9 Å². The molecule has 0 spiro atoms. The Morgan fingerprint density at radius 3 is 2.50 bits per heavy atom. The molecule has 0 unspecified atom stereocenters. The smallest absolute Gasteiger partial charge is 0.222 e. The van der Waals surface area contributed by atoms with Gasteiger partial charge in [-0.25, -0.2) is 9.97 Å². The Labute approximate surface area is 167 Å². The number of aromatic nitrogens is 3. The number of rotatable bonds is 7. The average Bonchev–Trinajstić information content (AvgIpc) is 3.00. The predicted octanol–water partition coefficient (Wildman–Crippen LogP) is 5.18. The van der Waals surface area contributed by atoms with Gasteiger partial charge in [-0.15, -0.1) is 0 Å². The maximum atomic E-state index is 9.85. The van der Waals surface area contributed by atoms with Crippen LogP contribution in [0.15, 0.2) is 24.4 Å². The first-order valence-electron chi connectivity index (χ1n) is 10.1. The molecule has 0 aliphatic rings. The highest BCUT2D eigenvalue weighted by Crippen LogP contribution is 2.34. The van der Waals surface area contributed by atoms with Gasteiger partial charge in [0.15, 0.2) is 0 Å². The van der Waals surface area contributed by atoms with Gasteiger partial charge in [0.1, 0.15) is 0 Å². The highest BCUT2D eigenvalue weighted by Gasteiger charge is 2.19. The molecule has 3 heterocycles. The zero-order valence-corrected chi connectivity index (χ0v) is 17.8. The van der Waals surface area contributed by atoms with Crippen molar-refractivity contribution >= 4 is 11.0 Å². The third-order valence-electron chi connectivity index (χ3n) is 5.33. The van der Waals surface area contributed by atoms with Gasteiger partial charge in [-0.05, 0) is 55.5 Å². The molecule has 1 N–H and O–H groups in total. The molecular weight excluding hydrogens is 350 g/mol. The average molecular weight is 382 g/mol. The molecule has 0 saturated heterocycles. The molecule has 150 valence electrons. The van der Waals surface area contributed by atoms with Crippen molar-refractivity contribution in [1.29, 1.82) is 0 Å². The van der Waals surface area contributed by atoms with Crippen LogP contribution in [0.2, 0.25) is 0 Å². The molecule has 1 atom stereocenters. The van der Waals surface area contributed by atoms with Crippen molar-refractivity contribution in [2.75, 3.05) is 13.7 Å². The van der Waals surface area contributed by atoms with Crippen LogP contribution in [0.3, 0.4) is 0 Å². The van der Waals surface area contributed by atoms with Crippen LogP contribution in [0, 0.1) is 13.8 Å². The number of aliphatic hydroxyl groups is 1. The Hall–Kier alpha value is -2.40. The lowest BCUT2D eigenvalue weighted by Crippen LogP contribution is -2.12. The molecule has 3 rings (SSSR count). The molecule has 0 amide bonds. The topological polar surface area (TPSA) is 60.2 Å². The summed E-state index contributed by atoms with van der Waals surface area (Å²) in [6, 6.07) is 6.35. The fraction of sp³-hybridized carbons (Fsp3) is 0.478. The van der Waals surface area contributed by atoms with E-state index in [9.17, 15) is 5.11 Å². The van der Waals surface area contributed by atoms with Crippen LogP contribution < -0.4 is 4.74 Å². The summed E-state index contributed by atoms with van der Waals surface area (Å²) >= 11 is 0. The van der Waals surface area contributed by atoms with Gasteiger partial charge in [-0.1, -0.05) is 27.2 Å². The van der Waals surface area contributed by atoms with E-state index in [0.29, 0.717) is 11.8 Å². The van der Waals surface area contributed by atoms with E-state index in [0.717, 1.165) is 52.0 Å². The van der Waals surface area contributed by atoms with E-state index in [-0.39, 0.29) is 12.6 Å². The van der Waals surface area contributed by atoms with Gasteiger partial charge in [0.25, 0.3) is 0 Å². The molecule has 5 nitrogen and oxygen atoms in total. The van der Waals surface area contributed by atoms with E-state index in [1.807, 2.05) is 0 Å². The SMILES string of the molecule is CCC[C@H](CO)n1cc(C)c2nc(-c3ccc(C(C)C)nc3OC)c(C)cc21. The van der Waals surface area contributed by atoms with Crippen LogP contribution in [0.1, 0.15) is 62.4 Å². The molecule has 0 radical (unpaired) electrons. The maximum Gasteiger partial charge on any atom is 0.222 e. The Morgan fingerprint density at radius 1 is 1.14 bits per heavy atom. The number of aryl methyl sites for hydroxylation is 2. The number of aliphatic hydroxyl groups excluding tert-OH is 1. The lowest BCUT2D eigenvalue weighted by atomic mass is 10.0. The predicted molar refractivity (Wildman–Crippen MR) is 114 cm³/mol. The lowest BCUT2D eigenvalue weighted by molar-refractivity contribution is 0.223. The zero-order valence-electron chi connectivity index (χ0n) is 17.8. The van der Waals surface area contributed by atoms with Crippen molar-refractivity contribution in [3.05, 3.63) is 41.2 Å². The molecule has 3 aromatic heterocycles. The largest absolute Gasteiger partial charge is 0.480 e. The molecule has 0 fully saturated rings. The number of pyridine rings is 2. The van der Waals surface area contributed by atoms with Crippen LogP contribution in [0.4, 0.5) is 0 Å². The van der Waals surface area contributed by atoms with Crippen LogP contribution in [0.25, 0.3) is 22.3 Å². The van der Waals surface area contributed by atoms with Crippen molar-refractivity contribution in [2.45, 2.75) is 59.4 Å². The number of nitrogens with zero attached hydrogens (tertiary/aromatic N) is 3. The fourth-order valence-corrected chi connectivity index (χ4v) is 3.76. The number of hydrogen-bond acceptors (Lipinski definition) is 4. The Kier molecular flexibility index (Phi) is 6.04. The van der Waals surface area contributed by atoms with Crippen molar-refractivity contribution in [3.63, 3.8) is 0 Å². The molecule has 0 aromatic carbocycles. The molecule has 0 bridgehead atoms. The van der Waals surface area contributed by atoms with Gasteiger partial charge in [-0.3, -0.25) is 0 Å². The molecule has 28 heavy (non-hydrogen) atoms. The van der Waals surface area contributed by atoms with Gasteiger partial charge >= 0.3 is 0 Å². The molecule has 0 aliphatic heterocycles. The van der Waals surface area contributed by atoms with E-state index in [2.05, 4.69) is 68.6 Å². The summed E-state index contributed by atoms with van der Waals surface area (Å²) < 4.78 is 7.77. The lowest BCUT2D eigenvalue weighted by Gasteiger charge is -2.17. The number of methoxy groups -OCH3 is 1. The van der Waals surface area contributed by atoms with Crippen molar-refractivity contribution in [2.24, 2.45) is 0 Å². The van der Waals surface area contributed by atoms with Crippen molar-refractivity contribution in [1.82, 2.24) is 14.5 Å². The minimum Gasteiger partial charge on any atom is -0.480 e. The van der Waals surface area contributed by atoms with E-state index < -0.39 is 0 Å². The number of ether oxygens (including phenoxy) is 1. The Balaban J connectivity index is 2.17. The third-order valence-corrected chi connectivity index (χ3v) is 5.33. The fourth-order valence-electron chi connectivity index (χ4n) is 3.76. The van der Waals surface area contributed by atoms with E-state index in [1.165, 1.54) is 0 Å². The summed E-state index contributed by atoms with van der Waals surface area (Å²) in [4.78, 5) is 9.68. The monoisotopic (exact) mass is 381 g/mol. The molecule has 0 aliphatic carbocycles. The van der Waals surface area contributed by atoms with Crippen molar-refractivity contribution in [3.8, 4) is 17.1 Å². The summed E-state index contributed by atoms with van der Waals surface area (Å²) in [5.74, 6) is 0.946. The van der Waals surface area contributed by atoms with Crippen LogP contribution in [-0.4, -0.2) is 33.4 Å². The standard InChI is InChI=1S/C23H31N3O2/c1-7-8-17(13-27)26-12-16(5)22-20(26)11-15(4)21(25-22)18-9-10-19(14(2)3)24-23(18)28-6/h9-12,14,17,27H,7-8,13H2,1-6H3/t17-/m1/s1. The summed E-state index contributed by atoms with van der Waals surface area (Å²) in [6.07, 6.45) is 4.07. The van der Waals surface area contributed by atoms with E-state index in [4.69, 9.17) is 9.72 Å². The Bertz CT molecular complexity index is 976. The summed E-state index contributed by atoms with van der Waals surface area (Å²) in [5.41, 5.74) is 7.01. The second-order valence-electron chi connectivity index (χ2n) is 7.81. The maximum absolute atomic E-state index is 9.85. The molecule has 5 heteroatoms. The normalized spacial score (nSPS) is 12.7. The second-order valence-corrected chi connectivity index (χ2v) is 7.81. The van der Waals surface area contributed by atoms with Crippen LogP contribution in [-0.2, 0) is 0 Å². The van der Waals surface area contributed by atoms with Gasteiger partial charge in [-0.2, -0.15) is 0 Å². The minimum absolute atomic E-state index is 0.0785. The second kappa shape index (κ2) is 8.31. The van der Waals surface area contributed by atoms with Gasteiger partial charge in [0.05, 0.1) is 42.0 Å².